The van der Waals surface area contributed by atoms with E-state index in [1.54, 1.807) is 40.2 Å². The summed E-state index contributed by atoms with van der Waals surface area (Å²) in [5.74, 6) is -2.90. The number of aliphatic hydroxyl groups is 1. The summed E-state index contributed by atoms with van der Waals surface area (Å²) in [6.07, 6.45) is 3.18. The van der Waals surface area contributed by atoms with E-state index in [1.165, 1.54) is 39.2 Å². The summed E-state index contributed by atoms with van der Waals surface area (Å²) in [5.41, 5.74) is -0.356. The van der Waals surface area contributed by atoms with E-state index in [0.717, 1.165) is 5.56 Å². The van der Waals surface area contributed by atoms with Crippen LogP contribution in [0.3, 0.4) is 0 Å². The zero-order valence-corrected chi connectivity index (χ0v) is 29.4. The number of ketones is 1. The number of benzene rings is 1. The third-order valence-corrected chi connectivity index (χ3v) is 8.40. The number of esters is 2. The molecule has 0 heterocycles. The van der Waals surface area contributed by atoms with E-state index in [4.69, 9.17) is 32.8 Å². The number of allylic oxidation sites excluding steroid dienone is 1. The molecule has 2 rings (SSSR count). The molecule has 0 saturated heterocycles. The van der Waals surface area contributed by atoms with Gasteiger partial charge in [-0.15, -0.1) is 0 Å². The highest BCUT2D eigenvalue weighted by Crippen LogP contribution is 2.49. The SMILES string of the molecule is CCC(c1ccc(OC)c(OC)c1)C1(O[Si](C)(C)C)C=CC(=O)C1C(O)C=C[C@H](OC(C)=O)[C@@H](COC(C)=O)OC(C)(C)OC. The Hall–Kier alpha value is -3.03. The van der Waals surface area contributed by atoms with Crippen molar-refractivity contribution in [3.8, 4) is 11.5 Å². The maximum Gasteiger partial charge on any atom is 0.303 e. The van der Waals surface area contributed by atoms with E-state index in [2.05, 4.69) is 0 Å². The topological polar surface area (TPSA) is 136 Å². The lowest BCUT2D eigenvalue weighted by atomic mass is 9.72. The molecule has 1 aliphatic carbocycles. The van der Waals surface area contributed by atoms with Crippen LogP contribution in [-0.4, -0.2) is 88.8 Å². The minimum absolute atomic E-state index is 0.260. The molecule has 0 saturated carbocycles. The Bertz CT molecular complexity index is 1240. The first-order chi connectivity index (χ1) is 20.9. The zero-order valence-electron chi connectivity index (χ0n) is 28.4. The van der Waals surface area contributed by atoms with Crippen molar-refractivity contribution < 1.29 is 52.3 Å². The van der Waals surface area contributed by atoms with Crippen LogP contribution in [0.5, 0.6) is 11.5 Å². The van der Waals surface area contributed by atoms with E-state index >= 15 is 0 Å². The van der Waals surface area contributed by atoms with Crippen LogP contribution in [-0.2, 0) is 37.8 Å². The van der Waals surface area contributed by atoms with Crippen LogP contribution in [0.25, 0.3) is 0 Å². The lowest BCUT2D eigenvalue weighted by Crippen LogP contribution is -2.54. The minimum Gasteiger partial charge on any atom is -0.493 e. The van der Waals surface area contributed by atoms with Crippen molar-refractivity contribution >= 4 is 26.0 Å². The molecule has 0 bridgehead atoms. The molecule has 0 fully saturated rings. The molecule has 45 heavy (non-hydrogen) atoms. The molecule has 6 atom stereocenters. The van der Waals surface area contributed by atoms with Gasteiger partial charge in [-0.3, -0.25) is 14.4 Å². The fraction of sp³-hybridized carbons (Fsp3) is 0.606. The number of methoxy groups -OCH3 is 3. The highest BCUT2D eigenvalue weighted by atomic mass is 28.4. The van der Waals surface area contributed by atoms with Gasteiger partial charge in [0.1, 0.15) is 18.8 Å². The fourth-order valence-corrected chi connectivity index (χ4v) is 6.97. The number of hydrogen-bond donors (Lipinski definition) is 1. The predicted molar refractivity (Wildman–Crippen MR) is 171 cm³/mol. The van der Waals surface area contributed by atoms with E-state index in [0.29, 0.717) is 17.9 Å². The lowest BCUT2D eigenvalue weighted by Gasteiger charge is -2.46. The number of carbonyl (C=O) groups is 3. The number of rotatable bonds is 17. The Balaban J connectivity index is 2.63. The first kappa shape index (κ1) is 38.2. The van der Waals surface area contributed by atoms with Crippen LogP contribution in [0.1, 0.15) is 52.5 Å². The smallest absolute Gasteiger partial charge is 0.303 e. The molecule has 0 radical (unpaired) electrons. The molecule has 11 nitrogen and oxygen atoms in total. The Labute approximate surface area is 267 Å². The molecule has 0 aromatic heterocycles. The van der Waals surface area contributed by atoms with E-state index in [9.17, 15) is 19.5 Å². The van der Waals surface area contributed by atoms with Crippen LogP contribution < -0.4 is 9.47 Å². The molecule has 0 spiro atoms. The lowest BCUT2D eigenvalue weighted by molar-refractivity contribution is -0.246. The van der Waals surface area contributed by atoms with Gasteiger partial charge >= 0.3 is 11.9 Å². The van der Waals surface area contributed by atoms with Crippen molar-refractivity contribution in [3.05, 3.63) is 48.1 Å². The van der Waals surface area contributed by atoms with Gasteiger partial charge < -0.3 is 38.0 Å². The molecular formula is C33H50O11Si. The molecule has 1 aromatic carbocycles. The minimum atomic E-state index is -2.35. The number of ether oxygens (including phenoxy) is 6. The van der Waals surface area contributed by atoms with E-state index < -0.39 is 55.9 Å². The molecule has 1 aromatic rings. The van der Waals surface area contributed by atoms with Crippen LogP contribution >= 0.6 is 0 Å². The maximum atomic E-state index is 13.6. The summed E-state index contributed by atoms with van der Waals surface area (Å²) in [6, 6.07) is 5.58. The summed E-state index contributed by atoms with van der Waals surface area (Å²) in [4.78, 5) is 37.3. The Morgan fingerprint density at radius 3 is 2.20 bits per heavy atom. The van der Waals surface area contributed by atoms with Gasteiger partial charge in [-0.25, -0.2) is 0 Å². The summed E-state index contributed by atoms with van der Waals surface area (Å²) in [7, 11) is 2.21. The summed E-state index contributed by atoms with van der Waals surface area (Å²) in [6.45, 7) is 13.6. The van der Waals surface area contributed by atoms with Crippen molar-refractivity contribution in [2.24, 2.45) is 5.92 Å². The summed E-state index contributed by atoms with van der Waals surface area (Å²) >= 11 is 0. The molecule has 4 unspecified atom stereocenters. The van der Waals surface area contributed by atoms with Crippen LogP contribution in [0.2, 0.25) is 19.6 Å². The second kappa shape index (κ2) is 16.0. The van der Waals surface area contributed by atoms with Crippen molar-refractivity contribution in [1.82, 2.24) is 0 Å². The highest BCUT2D eigenvalue weighted by Gasteiger charge is 2.55. The number of hydrogen-bond acceptors (Lipinski definition) is 11. The van der Waals surface area contributed by atoms with Gasteiger partial charge in [0.25, 0.3) is 0 Å². The number of carbonyl (C=O) groups excluding carboxylic acids is 3. The van der Waals surface area contributed by atoms with Gasteiger partial charge in [0, 0.05) is 26.9 Å². The molecule has 12 heteroatoms. The maximum absolute atomic E-state index is 13.6. The monoisotopic (exact) mass is 650 g/mol. The Morgan fingerprint density at radius 1 is 1.04 bits per heavy atom. The first-order valence-corrected chi connectivity index (χ1v) is 18.4. The average molecular weight is 651 g/mol. The second-order valence-electron chi connectivity index (χ2n) is 12.4. The second-order valence-corrected chi connectivity index (χ2v) is 16.8. The number of aliphatic hydroxyl groups excluding tert-OH is 1. The molecule has 1 N–H and O–H groups in total. The van der Waals surface area contributed by atoms with Crippen molar-refractivity contribution in [2.75, 3.05) is 27.9 Å². The third kappa shape index (κ3) is 10.2. The Kier molecular flexibility index (Phi) is 13.6. The van der Waals surface area contributed by atoms with Gasteiger partial charge in [-0.1, -0.05) is 19.1 Å². The molecule has 252 valence electrons. The van der Waals surface area contributed by atoms with Crippen LogP contribution in [0.15, 0.2) is 42.5 Å². The van der Waals surface area contributed by atoms with Gasteiger partial charge in [0.05, 0.1) is 31.8 Å². The zero-order chi connectivity index (χ0) is 34.2. The van der Waals surface area contributed by atoms with Gasteiger partial charge in [0.2, 0.25) is 0 Å². The normalized spacial score (nSPS) is 21.3. The van der Waals surface area contributed by atoms with Gasteiger partial charge in [-0.05, 0) is 75.8 Å². The highest BCUT2D eigenvalue weighted by molar-refractivity contribution is 6.69. The van der Waals surface area contributed by atoms with Crippen LogP contribution in [0, 0.1) is 5.92 Å². The molecule has 0 amide bonds. The van der Waals surface area contributed by atoms with Gasteiger partial charge in [0.15, 0.2) is 31.4 Å². The van der Waals surface area contributed by atoms with Crippen molar-refractivity contribution in [3.63, 3.8) is 0 Å². The van der Waals surface area contributed by atoms with Crippen LogP contribution in [0.4, 0.5) is 0 Å². The summed E-state index contributed by atoms with van der Waals surface area (Å²) in [5, 5.41) is 11.7. The quantitative estimate of drug-likeness (QED) is 0.109. The van der Waals surface area contributed by atoms with Crippen molar-refractivity contribution in [1.29, 1.82) is 0 Å². The molecule has 1 aliphatic rings. The third-order valence-electron chi connectivity index (χ3n) is 7.43. The standard InChI is InChI=1S/C33H50O11Si/c1-12-24(23-13-15-27(38-6)29(19-23)39-7)33(44-45(9,10)11)18-17-26(37)31(33)25(36)14-16-28(42-22(3)35)30(20-41-21(2)34)43-32(4,5)40-8/h13-19,24-25,28,30-31,36H,12,20H2,1-11H3/t24?,25?,28-,30+,31?,33?/m0/s1. The summed E-state index contributed by atoms with van der Waals surface area (Å²) < 4.78 is 40.0. The fourth-order valence-electron chi connectivity index (χ4n) is 5.57. The first-order valence-electron chi connectivity index (χ1n) is 15.0. The van der Waals surface area contributed by atoms with E-state index in [-0.39, 0.29) is 18.3 Å². The predicted octanol–water partition coefficient (Wildman–Crippen LogP) is 4.72. The van der Waals surface area contributed by atoms with Gasteiger partial charge in [-0.2, -0.15) is 0 Å². The van der Waals surface area contributed by atoms with E-state index in [1.807, 2.05) is 38.7 Å². The average Bonchev–Trinajstić information content (AvgIpc) is 3.27. The molecular weight excluding hydrogens is 600 g/mol. The Morgan fingerprint density at radius 2 is 1.69 bits per heavy atom. The molecule has 0 aliphatic heterocycles. The largest absolute Gasteiger partial charge is 0.493 e. The van der Waals surface area contributed by atoms with Crippen molar-refractivity contribution in [2.45, 2.75) is 96.3 Å².